The molecule has 0 saturated heterocycles. The molecule has 1 heterocycles. The molecule has 3 rings (SSSR count). The quantitative estimate of drug-likeness (QED) is 0.723. The monoisotopic (exact) mass is 424 g/mol. The number of amides is 2. The maximum Gasteiger partial charge on any atom is 0.259 e. The van der Waals surface area contributed by atoms with E-state index in [-0.39, 0.29) is 11.8 Å². The van der Waals surface area contributed by atoms with Gasteiger partial charge in [0.15, 0.2) is 0 Å². The van der Waals surface area contributed by atoms with Gasteiger partial charge in [-0.1, -0.05) is 32.0 Å². The number of hydrogen-bond acceptors (Lipinski definition) is 4. The summed E-state index contributed by atoms with van der Waals surface area (Å²) in [6.07, 6.45) is 2.01. The minimum atomic E-state index is -1.07. The highest BCUT2D eigenvalue weighted by Crippen LogP contribution is 2.40. The van der Waals surface area contributed by atoms with Crippen LogP contribution in [-0.2, 0) is 11.2 Å². The van der Waals surface area contributed by atoms with Crippen LogP contribution < -0.4 is 19.7 Å². The third kappa shape index (κ3) is 4.53. The molecule has 2 aromatic rings. The Bertz CT molecular complexity index is 956. The van der Waals surface area contributed by atoms with Gasteiger partial charge in [0.1, 0.15) is 17.0 Å². The van der Waals surface area contributed by atoms with Crippen molar-refractivity contribution < 1.29 is 19.1 Å². The van der Waals surface area contributed by atoms with Crippen molar-refractivity contribution in [3.8, 4) is 11.5 Å². The van der Waals surface area contributed by atoms with Crippen molar-refractivity contribution in [3.05, 3.63) is 53.6 Å². The van der Waals surface area contributed by atoms with Crippen LogP contribution in [0, 0.1) is 5.92 Å². The molecular weight excluding hydrogens is 392 g/mol. The molecule has 0 aromatic heterocycles. The molecule has 2 aromatic carbocycles. The molecule has 0 unspecified atom stereocenters. The molecule has 1 aliphatic rings. The Hall–Kier alpha value is -3.02. The molecule has 1 N–H and O–H groups in total. The number of anilines is 1. The lowest BCUT2D eigenvalue weighted by molar-refractivity contribution is -0.126. The van der Waals surface area contributed by atoms with Gasteiger partial charge in [-0.2, -0.15) is 0 Å². The molecule has 0 spiro atoms. The lowest BCUT2D eigenvalue weighted by Crippen LogP contribution is -2.59. The highest BCUT2D eigenvalue weighted by molar-refractivity contribution is 6.13. The van der Waals surface area contributed by atoms with Gasteiger partial charge in [0.05, 0.1) is 19.9 Å². The lowest BCUT2D eigenvalue weighted by Gasteiger charge is -2.39. The Morgan fingerprint density at radius 3 is 2.58 bits per heavy atom. The second-order valence-electron chi connectivity index (χ2n) is 8.55. The first-order valence-corrected chi connectivity index (χ1v) is 10.7. The molecule has 0 aliphatic carbocycles. The molecule has 1 aliphatic heterocycles. The first-order valence-electron chi connectivity index (χ1n) is 10.7. The number of benzene rings is 2. The van der Waals surface area contributed by atoms with Crippen molar-refractivity contribution in [2.75, 3.05) is 25.7 Å². The average Bonchev–Trinajstić information content (AvgIpc) is 2.88. The van der Waals surface area contributed by atoms with E-state index in [1.807, 2.05) is 31.2 Å². The van der Waals surface area contributed by atoms with Crippen LogP contribution in [-0.4, -0.2) is 38.1 Å². The van der Waals surface area contributed by atoms with Crippen LogP contribution in [0.1, 0.15) is 49.5 Å². The van der Waals surface area contributed by atoms with Crippen molar-refractivity contribution >= 4 is 17.5 Å². The van der Waals surface area contributed by atoms with Crippen LogP contribution in [0.5, 0.6) is 11.5 Å². The Balaban J connectivity index is 2.10. The topological polar surface area (TPSA) is 67.9 Å². The maximum absolute atomic E-state index is 13.8. The lowest BCUT2D eigenvalue weighted by atomic mass is 9.91. The van der Waals surface area contributed by atoms with Crippen LogP contribution in [0.25, 0.3) is 0 Å². The summed E-state index contributed by atoms with van der Waals surface area (Å²) in [5.74, 6) is 1.20. The van der Waals surface area contributed by atoms with Crippen molar-refractivity contribution in [3.63, 3.8) is 0 Å². The van der Waals surface area contributed by atoms with E-state index in [9.17, 15) is 9.59 Å². The number of nitrogens with zero attached hydrogens (tertiary/aromatic N) is 1. The number of carbonyl (C=O) groups is 2. The minimum absolute atomic E-state index is 0.160. The molecular formula is C25H32N2O4. The Labute approximate surface area is 184 Å². The zero-order valence-electron chi connectivity index (χ0n) is 19.0. The molecule has 6 nitrogen and oxygen atoms in total. The van der Waals surface area contributed by atoms with Gasteiger partial charge in [0.2, 0.25) is 5.91 Å². The summed E-state index contributed by atoms with van der Waals surface area (Å²) in [4.78, 5) is 28.9. The number of aryl methyl sites for hydroxylation is 1. The standard InChI is InChI=1S/C25H32N2O4/c1-17(2)13-15-26-24(29)25(3)14-12-18-8-6-7-9-20(18)23(28)27(25)21-11-10-19(30-4)16-22(21)31-5/h6-11,16-17H,12-15H2,1-5H3,(H,26,29)/t25-/m0/s1. The smallest absolute Gasteiger partial charge is 0.259 e. The molecule has 0 radical (unpaired) electrons. The van der Waals surface area contributed by atoms with Gasteiger partial charge in [-0.05, 0) is 55.9 Å². The van der Waals surface area contributed by atoms with Crippen LogP contribution in [0.4, 0.5) is 5.69 Å². The summed E-state index contributed by atoms with van der Waals surface area (Å²) in [6.45, 7) is 6.65. The van der Waals surface area contributed by atoms with Crippen LogP contribution in [0.2, 0.25) is 0 Å². The number of carbonyl (C=O) groups excluding carboxylic acids is 2. The summed E-state index contributed by atoms with van der Waals surface area (Å²) in [6, 6.07) is 12.8. The van der Waals surface area contributed by atoms with Gasteiger partial charge >= 0.3 is 0 Å². The molecule has 2 amide bonds. The SMILES string of the molecule is COc1ccc(N2C(=O)c3ccccc3CC[C@@]2(C)C(=O)NCCC(C)C)c(OC)c1. The number of rotatable bonds is 7. The van der Waals surface area contributed by atoms with Crippen molar-refractivity contribution in [1.29, 1.82) is 0 Å². The van der Waals surface area contributed by atoms with E-state index < -0.39 is 5.54 Å². The first kappa shape index (κ1) is 22.7. The van der Waals surface area contributed by atoms with Gasteiger partial charge in [0, 0.05) is 18.2 Å². The largest absolute Gasteiger partial charge is 0.497 e. The normalized spacial score (nSPS) is 18.4. The number of hydrogen-bond donors (Lipinski definition) is 1. The minimum Gasteiger partial charge on any atom is -0.497 e. The summed E-state index contributed by atoms with van der Waals surface area (Å²) >= 11 is 0. The van der Waals surface area contributed by atoms with Gasteiger partial charge in [-0.3, -0.25) is 14.5 Å². The first-order chi connectivity index (χ1) is 14.8. The Kier molecular flexibility index (Phi) is 6.88. The fraction of sp³-hybridized carbons (Fsp3) is 0.440. The number of fused-ring (bicyclic) bond motifs is 1. The third-order valence-electron chi connectivity index (χ3n) is 5.95. The second kappa shape index (κ2) is 9.41. The van der Waals surface area contributed by atoms with E-state index in [4.69, 9.17) is 9.47 Å². The van der Waals surface area contributed by atoms with Gasteiger partial charge in [0.25, 0.3) is 5.91 Å². The zero-order chi connectivity index (χ0) is 22.6. The van der Waals surface area contributed by atoms with E-state index in [0.717, 1.165) is 12.0 Å². The van der Waals surface area contributed by atoms with Crippen molar-refractivity contribution in [1.82, 2.24) is 5.32 Å². The van der Waals surface area contributed by atoms with E-state index in [1.54, 1.807) is 37.3 Å². The van der Waals surface area contributed by atoms with E-state index in [1.165, 1.54) is 0 Å². The average molecular weight is 425 g/mol. The predicted octanol–water partition coefficient (Wildman–Crippen LogP) is 4.22. The maximum atomic E-state index is 13.8. The second-order valence-corrected chi connectivity index (χ2v) is 8.55. The van der Waals surface area contributed by atoms with Crippen molar-refractivity contribution in [2.45, 2.75) is 45.6 Å². The molecule has 0 fully saturated rings. The zero-order valence-corrected chi connectivity index (χ0v) is 19.0. The number of methoxy groups -OCH3 is 2. The molecule has 0 bridgehead atoms. The fourth-order valence-electron chi connectivity index (χ4n) is 4.01. The van der Waals surface area contributed by atoms with Crippen molar-refractivity contribution in [2.24, 2.45) is 5.92 Å². The summed E-state index contributed by atoms with van der Waals surface area (Å²) in [7, 11) is 3.13. The number of ether oxygens (including phenoxy) is 2. The van der Waals surface area contributed by atoms with E-state index in [0.29, 0.717) is 48.1 Å². The van der Waals surface area contributed by atoms with Crippen LogP contribution in [0.3, 0.4) is 0 Å². The Morgan fingerprint density at radius 1 is 1.16 bits per heavy atom. The van der Waals surface area contributed by atoms with Gasteiger partial charge in [-0.15, -0.1) is 0 Å². The Morgan fingerprint density at radius 2 is 1.90 bits per heavy atom. The van der Waals surface area contributed by atoms with E-state index >= 15 is 0 Å². The molecule has 0 saturated carbocycles. The summed E-state index contributed by atoms with van der Waals surface area (Å²) in [5, 5.41) is 3.06. The summed E-state index contributed by atoms with van der Waals surface area (Å²) in [5.41, 5.74) is 1.03. The predicted molar refractivity (Wildman–Crippen MR) is 122 cm³/mol. The van der Waals surface area contributed by atoms with Gasteiger partial charge in [-0.25, -0.2) is 0 Å². The molecule has 31 heavy (non-hydrogen) atoms. The van der Waals surface area contributed by atoms with Crippen LogP contribution in [0.15, 0.2) is 42.5 Å². The number of nitrogens with one attached hydrogen (secondary N) is 1. The highest BCUT2D eigenvalue weighted by Gasteiger charge is 2.46. The molecule has 6 heteroatoms. The molecule has 1 atom stereocenters. The fourth-order valence-corrected chi connectivity index (χ4v) is 4.01. The van der Waals surface area contributed by atoms with E-state index in [2.05, 4.69) is 19.2 Å². The molecule has 166 valence electrons. The van der Waals surface area contributed by atoms with Gasteiger partial charge < -0.3 is 14.8 Å². The van der Waals surface area contributed by atoms with Crippen LogP contribution >= 0.6 is 0 Å². The summed E-state index contributed by atoms with van der Waals surface area (Å²) < 4.78 is 10.9. The highest BCUT2D eigenvalue weighted by atomic mass is 16.5. The third-order valence-corrected chi connectivity index (χ3v) is 5.95.